The minimum Gasteiger partial charge on any atom is -0.379 e. The number of nitrogens with one attached hydrogen (secondary N) is 1. The largest absolute Gasteiger partial charge is 0.379 e. The molecule has 0 unspecified atom stereocenters. The van der Waals surface area contributed by atoms with Crippen LogP contribution >= 0.6 is 0 Å². The molecule has 100 valence electrons. The zero-order valence-corrected chi connectivity index (χ0v) is 10.7. The molecule has 1 rings (SSSR count). The number of hydrogen-bond donors (Lipinski definition) is 2. The van der Waals surface area contributed by atoms with E-state index >= 15 is 0 Å². The van der Waals surface area contributed by atoms with Crippen molar-refractivity contribution in [1.82, 2.24) is 0 Å². The number of sulfonamides is 1. The molecule has 0 saturated carbocycles. The minimum atomic E-state index is -3.49. The first-order chi connectivity index (χ1) is 8.31. The van der Waals surface area contributed by atoms with Crippen LogP contribution < -0.4 is 10.5 Å². The van der Waals surface area contributed by atoms with Crippen molar-refractivity contribution < 1.29 is 13.3 Å². The maximum Gasteiger partial charge on any atom is 0.292 e. The van der Waals surface area contributed by atoms with Gasteiger partial charge in [0, 0.05) is 12.6 Å². The quantitative estimate of drug-likeness (QED) is 0.455. The number of nitrogens with zero attached hydrogens (tertiary/aromatic N) is 1. The number of hydrogen-bond acceptors (Lipinski definition) is 5. The van der Waals surface area contributed by atoms with Gasteiger partial charge >= 0.3 is 0 Å². The molecule has 0 aliphatic rings. The molecule has 7 nitrogen and oxygen atoms in total. The molecular formula is C10H15N3O4S. The topological polar surface area (TPSA) is 115 Å². The second kappa shape index (κ2) is 5.78. The van der Waals surface area contributed by atoms with Crippen LogP contribution in [0.3, 0.4) is 0 Å². The Morgan fingerprint density at radius 2 is 2.11 bits per heavy atom. The van der Waals surface area contributed by atoms with E-state index in [0.29, 0.717) is 18.7 Å². The van der Waals surface area contributed by atoms with E-state index in [2.05, 4.69) is 5.32 Å². The standard InChI is InChI=1S/C10H15N3O4S/c1-8-4-2-5-9(13(14)15)10(8)12-6-3-7-18(11,16)17/h2,4-5,12H,3,6-7H2,1H3,(H2,11,16,17). The maximum absolute atomic E-state index is 10.8. The highest BCUT2D eigenvalue weighted by atomic mass is 32.2. The van der Waals surface area contributed by atoms with E-state index in [1.54, 1.807) is 19.1 Å². The van der Waals surface area contributed by atoms with Gasteiger partial charge in [-0.15, -0.1) is 0 Å². The first-order valence-electron chi connectivity index (χ1n) is 5.29. The van der Waals surface area contributed by atoms with Crippen molar-refractivity contribution in [3.63, 3.8) is 0 Å². The monoisotopic (exact) mass is 273 g/mol. The van der Waals surface area contributed by atoms with E-state index in [0.717, 1.165) is 5.56 Å². The molecule has 0 heterocycles. The molecule has 18 heavy (non-hydrogen) atoms. The summed E-state index contributed by atoms with van der Waals surface area (Å²) >= 11 is 0. The number of anilines is 1. The van der Waals surface area contributed by atoms with Gasteiger partial charge in [0.2, 0.25) is 10.0 Å². The first-order valence-corrected chi connectivity index (χ1v) is 7.01. The van der Waals surface area contributed by atoms with Crippen LogP contribution in [0.4, 0.5) is 11.4 Å². The molecule has 0 aliphatic heterocycles. The molecule has 1 aromatic rings. The maximum atomic E-state index is 10.8. The summed E-state index contributed by atoms with van der Waals surface area (Å²) in [4.78, 5) is 10.3. The van der Waals surface area contributed by atoms with E-state index in [-0.39, 0.29) is 11.4 Å². The van der Waals surface area contributed by atoms with Crippen LogP contribution in [0, 0.1) is 17.0 Å². The van der Waals surface area contributed by atoms with E-state index < -0.39 is 14.9 Å². The lowest BCUT2D eigenvalue weighted by Crippen LogP contribution is -2.19. The number of aryl methyl sites for hydroxylation is 1. The average molecular weight is 273 g/mol. The van der Waals surface area contributed by atoms with Crippen molar-refractivity contribution in [2.75, 3.05) is 17.6 Å². The summed E-state index contributed by atoms with van der Waals surface area (Å²) in [5.41, 5.74) is 1.13. The normalized spacial score (nSPS) is 11.2. The van der Waals surface area contributed by atoms with Gasteiger partial charge in [0.1, 0.15) is 5.69 Å². The molecule has 0 amide bonds. The fourth-order valence-corrected chi connectivity index (χ4v) is 2.07. The molecule has 3 N–H and O–H groups in total. The summed E-state index contributed by atoms with van der Waals surface area (Å²) in [7, 11) is -3.49. The van der Waals surface area contributed by atoms with Crippen LogP contribution in [0.25, 0.3) is 0 Å². The number of para-hydroxylation sites is 1. The third-order valence-electron chi connectivity index (χ3n) is 2.35. The van der Waals surface area contributed by atoms with Crippen LogP contribution in [-0.2, 0) is 10.0 Å². The number of nitrogens with two attached hydrogens (primary N) is 1. The van der Waals surface area contributed by atoms with Gasteiger partial charge in [-0.3, -0.25) is 10.1 Å². The zero-order valence-electron chi connectivity index (χ0n) is 9.92. The third kappa shape index (κ3) is 4.30. The lowest BCUT2D eigenvalue weighted by atomic mass is 10.1. The lowest BCUT2D eigenvalue weighted by Gasteiger charge is -2.09. The summed E-state index contributed by atoms with van der Waals surface area (Å²) in [6, 6.07) is 4.74. The van der Waals surface area contributed by atoms with Crippen LogP contribution in [-0.4, -0.2) is 25.6 Å². The Hall–Kier alpha value is -1.67. The summed E-state index contributed by atoms with van der Waals surface area (Å²) < 4.78 is 21.5. The molecule has 0 radical (unpaired) electrons. The van der Waals surface area contributed by atoms with Crippen LogP contribution in [0.15, 0.2) is 18.2 Å². The minimum absolute atomic E-state index is 0.0226. The molecule has 0 saturated heterocycles. The van der Waals surface area contributed by atoms with Crippen LogP contribution in [0.1, 0.15) is 12.0 Å². The number of benzene rings is 1. The van der Waals surface area contributed by atoms with Crippen molar-refractivity contribution in [2.24, 2.45) is 5.14 Å². The number of rotatable bonds is 6. The van der Waals surface area contributed by atoms with Gasteiger partial charge in [-0.1, -0.05) is 12.1 Å². The molecule has 1 aromatic carbocycles. The van der Waals surface area contributed by atoms with Gasteiger partial charge in [-0.05, 0) is 18.9 Å². The fourth-order valence-electron chi connectivity index (χ4n) is 1.52. The molecule has 0 spiro atoms. The van der Waals surface area contributed by atoms with Crippen molar-refractivity contribution in [3.05, 3.63) is 33.9 Å². The summed E-state index contributed by atoms with van der Waals surface area (Å²) in [6.45, 7) is 2.05. The predicted molar refractivity (Wildman–Crippen MR) is 68.9 cm³/mol. The van der Waals surface area contributed by atoms with Crippen LogP contribution in [0.2, 0.25) is 0 Å². The SMILES string of the molecule is Cc1cccc([N+](=O)[O-])c1NCCCS(N)(=O)=O. The predicted octanol–water partition coefficient (Wildman–Crippen LogP) is 0.994. The molecule has 8 heteroatoms. The molecule has 0 aliphatic carbocycles. The number of primary sulfonamides is 1. The highest BCUT2D eigenvalue weighted by Crippen LogP contribution is 2.27. The Balaban J connectivity index is 2.70. The average Bonchev–Trinajstić information content (AvgIpc) is 2.24. The van der Waals surface area contributed by atoms with Crippen LogP contribution in [0.5, 0.6) is 0 Å². The Labute approximate surface area is 105 Å². The van der Waals surface area contributed by atoms with Crippen molar-refractivity contribution in [1.29, 1.82) is 0 Å². The van der Waals surface area contributed by atoms with E-state index in [1.165, 1.54) is 6.07 Å². The second-order valence-corrected chi connectivity index (χ2v) is 5.61. The Morgan fingerprint density at radius 1 is 1.44 bits per heavy atom. The summed E-state index contributed by atoms with van der Waals surface area (Å²) in [5, 5.41) is 18.5. The van der Waals surface area contributed by atoms with E-state index in [1.807, 2.05) is 0 Å². The molecule has 0 bridgehead atoms. The highest BCUT2D eigenvalue weighted by molar-refractivity contribution is 7.89. The smallest absolute Gasteiger partial charge is 0.292 e. The second-order valence-electron chi connectivity index (χ2n) is 3.87. The van der Waals surface area contributed by atoms with E-state index in [9.17, 15) is 18.5 Å². The Kier molecular flexibility index (Phi) is 4.62. The van der Waals surface area contributed by atoms with Gasteiger partial charge in [0.15, 0.2) is 0 Å². The number of nitro benzene ring substituents is 1. The van der Waals surface area contributed by atoms with Gasteiger partial charge in [0.25, 0.3) is 5.69 Å². The third-order valence-corrected chi connectivity index (χ3v) is 3.21. The summed E-state index contributed by atoms with van der Waals surface area (Å²) in [5.74, 6) is -0.153. The van der Waals surface area contributed by atoms with Gasteiger partial charge in [0.05, 0.1) is 10.7 Å². The Morgan fingerprint density at radius 3 is 2.67 bits per heavy atom. The van der Waals surface area contributed by atoms with Crippen molar-refractivity contribution in [3.8, 4) is 0 Å². The summed E-state index contributed by atoms with van der Waals surface area (Å²) in [6.07, 6.45) is 0.296. The number of nitro groups is 1. The van der Waals surface area contributed by atoms with Crippen molar-refractivity contribution in [2.45, 2.75) is 13.3 Å². The fraction of sp³-hybridized carbons (Fsp3) is 0.400. The molecule has 0 fully saturated rings. The molecule has 0 aromatic heterocycles. The molecule has 0 atom stereocenters. The van der Waals surface area contributed by atoms with Gasteiger partial charge in [-0.2, -0.15) is 0 Å². The highest BCUT2D eigenvalue weighted by Gasteiger charge is 2.14. The van der Waals surface area contributed by atoms with Gasteiger partial charge < -0.3 is 5.32 Å². The van der Waals surface area contributed by atoms with Crippen molar-refractivity contribution >= 4 is 21.4 Å². The Bertz CT molecular complexity index is 542. The lowest BCUT2D eigenvalue weighted by molar-refractivity contribution is -0.384. The van der Waals surface area contributed by atoms with E-state index in [4.69, 9.17) is 5.14 Å². The zero-order chi connectivity index (χ0) is 13.8. The first kappa shape index (κ1) is 14.4. The molecular weight excluding hydrogens is 258 g/mol. The van der Waals surface area contributed by atoms with Gasteiger partial charge in [-0.25, -0.2) is 13.6 Å².